The van der Waals surface area contributed by atoms with Gasteiger partial charge in [0.2, 0.25) is 0 Å². The molecule has 1 aromatic rings. The minimum atomic E-state index is -0.0783. The molecule has 0 aliphatic heterocycles. The van der Waals surface area contributed by atoms with Gasteiger partial charge in [-0.25, -0.2) is 4.79 Å². The fraction of sp³-hybridized carbons (Fsp3) is 0.714. The molecule has 2 rings (SSSR count). The number of aromatic nitrogens is 2. The maximum atomic E-state index is 11.9. The van der Waals surface area contributed by atoms with Crippen LogP contribution in [-0.4, -0.2) is 21.9 Å². The average Bonchev–Trinajstić information content (AvgIpc) is 2.88. The third-order valence-corrected chi connectivity index (χ3v) is 3.72. The molecule has 5 nitrogen and oxygen atoms in total. The minimum absolute atomic E-state index is 0.0589. The van der Waals surface area contributed by atoms with Crippen molar-refractivity contribution in [1.82, 2.24) is 20.4 Å². The number of carbonyl (C=O) groups is 1. The lowest BCUT2D eigenvalue weighted by Crippen LogP contribution is -2.43. The predicted molar refractivity (Wildman–Crippen MR) is 74.9 cm³/mol. The Balaban J connectivity index is 1.80. The lowest BCUT2D eigenvalue weighted by molar-refractivity contribution is 0.229. The van der Waals surface area contributed by atoms with Gasteiger partial charge in [-0.05, 0) is 32.8 Å². The molecule has 0 saturated heterocycles. The predicted octanol–water partition coefficient (Wildman–Crippen LogP) is 2.60. The van der Waals surface area contributed by atoms with Crippen molar-refractivity contribution in [2.24, 2.45) is 0 Å². The Morgan fingerprint density at radius 1 is 1.47 bits per heavy atom. The average molecular weight is 264 g/mol. The smallest absolute Gasteiger partial charge is 0.315 e. The first kappa shape index (κ1) is 13.9. The van der Waals surface area contributed by atoms with Crippen molar-refractivity contribution in [3.05, 3.63) is 18.0 Å². The quantitative estimate of drug-likeness (QED) is 0.878. The van der Waals surface area contributed by atoms with Crippen molar-refractivity contribution in [3.8, 4) is 0 Å². The fourth-order valence-corrected chi connectivity index (χ4v) is 2.53. The molecule has 1 aliphatic rings. The van der Waals surface area contributed by atoms with Gasteiger partial charge in [0.15, 0.2) is 0 Å². The first-order chi connectivity index (χ1) is 9.19. The maximum Gasteiger partial charge on any atom is 0.315 e. The maximum absolute atomic E-state index is 11.9. The molecule has 2 amide bonds. The second-order valence-electron chi connectivity index (χ2n) is 5.27. The van der Waals surface area contributed by atoms with E-state index in [9.17, 15) is 4.79 Å². The molecule has 1 unspecified atom stereocenters. The summed E-state index contributed by atoms with van der Waals surface area (Å²) < 4.78 is 1.87. The summed E-state index contributed by atoms with van der Waals surface area (Å²) in [6.45, 7) is 4.86. The van der Waals surface area contributed by atoms with E-state index in [-0.39, 0.29) is 12.1 Å². The number of nitrogens with one attached hydrogen (secondary N) is 2. The van der Waals surface area contributed by atoms with Crippen LogP contribution in [0.25, 0.3) is 0 Å². The number of rotatable bonds is 4. The van der Waals surface area contributed by atoms with E-state index in [1.54, 1.807) is 0 Å². The van der Waals surface area contributed by atoms with Crippen LogP contribution < -0.4 is 10.6 Å². The zero-order valence-electron chi connectivity index (χ0n) is 11.9. The molecule has 1 heterocycles. The molecule has 0 bridgehead atoms. The lowest BCUT2D eigenvalue weighted by Gasteiger charge is -2.23. The van der Waals surface area contributed by atoms with Crippen LogP contribution >= 0.6 is 0 Å². The van der Waals surface area contributed by atoms with E-state index in [1.165, 1.54) is 19.3 Å². The van der Waals surface area contributed by atoms with Gasteiger partial charge < -0.3 is 10.6 Å². The van der Waals surface area contributed by atoms with E-state index < -0.39 is 0 Å². The van der Waals surface area contributed by atoms with Gasteiger partial charge in [0.05, 0.1) is 11.7 Å². The normalized spacial score (nSPS) is 18.0. The fourth-order valence-electron chi connectivity index (χ4n) is 2.53. The molecule has 1 atom stereocenters. The monoisotopic (exact) mass is 264 g/mol. The number of nitrogens with zero attached hydrogens (tertiary/aromatic N) is 2. The minimum Gasteiger partial charge on any atom is -0.335 e. The Hall–Kier alpha value is -1.52. The highest BCUT2D eigenvalue weighted by Gasteiger charge is 2.17. The number of urea groups is 1. The van der Waals surface area contributed by atoms with E-state index in [0.29, 0.717) is 6.04 Å². The van der Waals surface area contributed by atoms with Gasteiger partial charge in [-0.2, -0.15) is 5.10 Å². The van der Waals surface area contributed by atoms with Crippen molar-refractivity contribution < 1.29 is 4.79 Å². The van der Waals surface area contributed by atoms with Gasteiger partial charge in [0.25, 0.3) is 0 Å². The molecule has 0 radical (unpaired) electrons. The van der Waals surface area contributed by atoms with Gasteiger partial charge in [-0.15, -0.1) is 0 Å². The van der Waals surface area contributed by atoms with Crippen LogP contribution in [0.15, 0.2) is 12.3 Å². The molecule has 5 heteroatoms. The Morgan fingerprint density at radius 2 is 2.21 bits per heavy atom. The SMILES string of the molecule is CCn1ccc(C(C)NC(=O)NC2CCCCC2)n1. The Labute approximate surface area is 114 Å². The first-order valence-electron chi connectivity index (χ1n) is 7.29. The summed E-state index contributed by atoms with van der Waals surface area (Å²) in [5, 5.41) is 10.4. The molecular weight excluding hydrogens is 240 g/mol. The summed E-state index contributed by atoms with van der Waals surface area (Å²) in [6, 6.07) is 2.16. The number of hydrogen-bond donors (Lipinski definition) is 2. The van der Waals surface area contributed by atoms with Gasteiger partial charge in [-0.3, -0.25) is 4.68 Å². The molecule has 1 aliphatic carbocycles. The number of carbonyl (C=O) groups excluding carboxylic acids is 1. The summed E-state index contributed by atoms with van der Waals surface area (Å²) in [7, 11) is 0. The highest BCUT2D eigenvalue weighted by molar-refractivity contribution is 5.74. The molecule has 1 aromatic heterocycles. The molecule has 1 fully saturated rings. The van der Waals surface area contributed by atoms with Crippen LogP contribution in [0.1, 0.15) is 57.7 Å². The van der Waals surface area contributed by atoms with Crippen molar-refractivity contribution in [1.29, 1.82) is 0 Å². The summed E-state index contributed by atoms with van der Waals surface area (Å²) >= 11 is 0. The highest BCUT2D eigenvalue weighted by Crippen LogP contribution is 2.17. The molecule has 2 N–H and O–H groups in total. The number of amides is 2. The van der Waals surface area contributed by atoms with Gasteiger partial charge in [-0.1, -0.05) is 19.3 Å². The molecule has 0 spiro atoms. The van der Waals surface area contributed by atoms with E-state index in [4.69, 9.17) is 0 Å². The lowest BCUT2D eigenvalue weighted by atomic mass is 9.96. The molecule has 19 heavy (non-hydrogen) atoms. The first-order valence-corrected chi connectivity index (χ1v) is 7.29. The van der Waals surface area contributed by atoms with Crippen molar-refractivity contribution >= 4 is 6.03 Å². The topological polar surface area (TPSA) is 59.0 Å². The Bertz CT molecular complexity index is 409. The van der Waals surface area contributed by atoms with E-state index in [1.807, 2.05) is 30.8 Å². The van der Waals surface area contributed by atoms with Crippen molar-refractivity contribution in [2.45, 2.75) is 64.6 Å². The van der Waals surface area contributed by atoms with Gasteiger partial charge in [0.1, 0.15) is 0 Å². The highest BCUT2D eigenvalue weighted by atomic mass is 16.2. The van der Waals surface area contributed by atoms with E-state index >= 15 is 0 Å². The zero-order valence-corrected chi connectivity index (χ0v) is 11.9. The van der Waals surface area contributed by atoms with Crippen LogP contribution in [0, 0.1) is 0 Å². The van der Waals surface area contributed by atoms with Gasteiger partial charge in [0, 0.05) is 18.8 Å². The van der Waals surface area contributed by atoms with Crippen LogP contribution in [-0.2, 0) is 6.54 Å². The van der Waals surface area contributed by atoms with E-state index in [2.05, 4.69) is 15.7 Å². The largest absolute Gasteiger partial charge is 0.335 e. The Kier molecular flexibility index (Phi) is 4.82. The number of aryl methyl sites for hydroxylation is 1. The van der Waals surface area contributed by atoms with Crippen molar-refractivity contribution in [3.63, 3.8) is 0 Å². The van der Waals surface area contributed by atoms with Crippen LogP contribution in [0.2, 0.25) is 0 Å². The standard InChI is InChI=1S/C14H24N4O/c1-3-18-10-9-13(17-18)11(2)15-14(19)16-12-7-5-4-6-8-12/h9-12H,3-8H2,1-2H3,(H2,15,16,19). The molecule has 1 saturated carbocycles. The van der Waals surface area contributed by atoms with Crippen LogP contribution in [0.4, 0.5) is 4.79 Å². The van der Waals surface area contributed by atoms with Gasteiger partial charge >= 0.3 is 6.03 Å². The molecular formula is C14H24N4O. The zero-order chi connectivity index (χ0) is 13.7. The second kappa shape index (κ2) is 6.59. The molecule has 106 valence electrons. The van der Waals surface area contributed by atoms with Crippen LogP contribution in [0.5, 0.6) is 0 Å². The Morgan fingerprint density at radius 3 is 2.84 bits per heavy atom. The summed E-state index contributed by atoms with van der Waals surface area (Å²) in [4.78, 5) is 11.9. The third kappa shape index (κ3) is 3.98. The second-order valence-corrected chi connectivity index (χ2v) is 5.27. The summed E-state index contributed by atoms with van der Waals surface area (Å²) in [6.07, 6.45) is 7.89. The number of hydrogen-bond acceptors (Lipinski definition) is 2. The third-order valence-electron chi connectivity index (χ3n) is 3.72. The van der Waals surface area contributed by atoms with Crippen molar-refractivity contribution in [2.75, 3.05) is 0 Å². The summed E-state index contributed by atoms with van der Waals surface area (Å²) in [5.41, 5.74) is 0.903. The molecule has 0 aromatic carbocycles. The summed E-state index contributed by atoms with van der Waals surface area (Å²) in [5.74, 6) is 0. The van der Waals surface area contributed by atoms with Crippen LogP contribution in [0.3, 0.4) is 0 Å². The van der Waals surface area contributed by atoms with E-state index in [0.717, 1.165) is 25.1 Å².